The maximum Gasteiger partial charge on any atom is 0.434 e. The second kappa shape index (κ2) is 11.4. The maximum atomic E-state index is 7.10. The van der Waals surface area contributed by atoms with Crippen LogP contribution in [0, 0.1) is 0 Å². The van der Waals surface area contributed by atoms with Gasteiger partial charge in [0, 0.05) is 32.8 Å². The largest absolute Gasteiger partial charge is 0.551 e. The van der Waals surface area contributed by atoms with Crippen molar-refractivity contribution in [2.75, 3.05) is 0 Å². The molecule has 52 heavy (non-hydrogen) atoms. The van der Waals surface area contributed by atoms with E-state index in [-0.39, 0.29) is 6.92 Å². The van der Waals surface area contributed by atoms with Crippen LogP contribution in [-0.4, -0.2) is 11.5 Å². The van der Waals surface area contributed by atoms with Gasteiger partial charge in [0.2, 0.25) is 0 Å². The first-order valence-corrected chi connectivity index (χ1v) is 17.8. The molecule has 0 saturated heterocycles. The molecule has 0 saturated carbocycles. The van der Waals surface area contributed by atoms with Crippen molar-refractivity contribution in [2.45, 2.75) is 0 Å². The lowest BCUT2D eigenvalue weighted by Crippen LogP contribution is -2.53. The molecule has 0 unspecified atom stereocenters. The molecule has 9 aromatic rings. The molecule has 4 heteroatoms. The van der Waals surface area contributed by atoms with Crippen LogP contribution in [0.5, 0.6) is 17.2 Å². The molecule has 242 valence electrons. The first kappa shape index (κ1) is 29.0. The van der Waals surface area contributed by atoms with E-state index in [4.69, 9.17) is 9.39 Å². The van der Waals surface area contributed by atoms with E-state index in [1.807, 2.05) is 0 Å². The van der Waals surface area contributed by atoms with E-state index < -0.39 is 0 Å². The fourth-order valence-corrected chi connectivity index (χ4v) is 8.30. The van der Waals surface area contributed by atoms with Gasteiger partial charge in [-0.2, -0.15) is 0 Å². The van der Waals surface area contributed by atoms with Gasteiger partial charge in [0.1, 0.15) is 17.2 Å². The van der Waals surface area contributed by atoms with Crippen LogP contribution in [-0.2, 0) is 0 Å². The van der Waals surface area contributed by atoms with Crippen molar-refractivity contribution >= 4 is 39.6 Å². The van der Waals surface area contributed by atoms with Crippen molar-refractivity contribution in [3.05, 3.63) is 182 Å². The standard InChI is InChI=1S/C48H30BNO2/c1-2-12-31(13-3-1)32-14-10-15-33(28-32)34-25-27-45-41(29-34)49-48-40(19-11-23-46(48)51-45)39-26-24-35(30-47(39)52-49)36-16-4-7-20-42(36)50-43-21-8-5-17-37(43)38-18-6-9-22-44(38)50/h1-30H. The Hall–Kier alpha value is -6.78. The normalized spacial score (nSPS) is 12.5. The lowest BCUT2D eigenvalue weighted by molar-refractivity contribution is 0.479. The molecule has 0 atom stereocenters. The van der Waals surface area contributed by atoms with Gasteiger partial charge in [-0.05, 0) is 75.8 Å². The van der Waals surface area contributed by atoms with Crippen molar-refractivity contribution in [1.29, 1.82) is 0 Å². The molecule has 2 aliphatic rings. The van der Waals surface area contributed by atoms with Crippen molar-refractivity contribution < 1.29 is 9.39 Å². The highest BCUT2D eigenvalue weighted by Gasteiger charge is 2.40. The number of benzene rings is 8. The summed E-state index contributed by atoms with van der Waals surface area (Å²) < 4.78 is 16.1. The minimum Gasteiger partial charge on any atom is -0.551 e. The number of nitrogens with zero attached hydrogens (tertiary/aromatic N) is 1. The van der Waals surface area contributed by atoms with Gasteiger partial charge in [-0.25, -0.2) is 0 Å². The van der Waals surface area contributed by atoms with Crippen LogP contribution in [0.25, 0.3) is 72.0 Å². The Morgan fingerprint density at radius 1 is 0.385 bits per heavy atom. The summed E-state index contributed by atoms with van der Waals surface area (Å²) in [6.07, 6.45) is 0. The summed E-state index contributed by atoms with van der Waals surface area (Å²) in [5, 5.41) is 2.50. The van der Waals surface area contributed by atoms with Crippen LogP contribution in [0.2, 0.25) is 0 Å². The summed E-state index contributed by atoms with van der Waals surface area (Å²) in [6.45, 7) is -0.303. The number of rotatable bonds is 4. The summed E-state index contributed by atoms with van der Waals surface area (Å²) in [4.78, 5) is 0. The number of aromatic nitrogens is 1. The number of fused-ring (bicyclic) bond motifs is 7. The van der Waals surface area contributed by atoms with Gasteiger partial charge in [-0.1, -0.05) is 140 Å². The smallest absolute Gasteiger partial charge is 0.434 e. The predicted octanol–water partition coefficient (Wildman–Crippen LogP) is 11.1. The molecule has 11 rings (SSSR count). The van der Waals surface area contributed by atoms with Crippen molar-refractivity contribution in [2.24, 2.45) is 0 Å². The monoisotopic (exact) mass is 663 g/mol. The zero-order valence-corrected chi connectivity index (χ0v) is 28.2. The molecule has 0 fully saturated rings. The Balaban J connectivity index is 1.03. The third-order valence-electron chi connectivity index (χ3n) is 10.7. The maximum absolute atomic E-state index is 7.10. The van der Waals surface area contributed by atoms with Gasteiger partial charge >= 0.3 is 6.92 Å². The molecule has 0 spiro atoms. The molecule has 1 aromatic heterocycles. The average molecular weight is 664 g/mol. The third-order valence-corrected chi connectivity index (χ3v) is 10.7. The van der Waals surface area contributed by atoms with Gasteiger partial charge < -0.3 is 14.0 Å². The summed E-state index contributed by atoms with van der Waals surface area (Å²) >= 11 is 0. The summed E-state index contributed by atoms with van der Waals surface area (Å²) in [7, 11) is 0. The second-order valence-corrected chi connectivity index (χ2v) is 13.6. The Labute approximate surface area is 302 Å². The number of ether oxygens (including phenoxy) is 1. The first-order valence-electron chi connectivity index (χ1n) is 17.8. The van der Waals surface area contributed by atoms with E-state index in [9.17, 15) is 0 Å². The second-order valence-electron chi connectivity index (χ2n) is 13.6. The molecule has 0 amide bonds. The first-order chi connectivity index (χ1) is 25.8. The van der Waals surface area contributed by atoms with Crippen LogP contribution in [0.15, 0.2) is 182 Å². The highest BCUT2D eigenvalue weighted by molar-refractivity contribution is 6.84. The zero-order valence-electron chi connectivity index (χ0n) is 28.2. The van der Waals surface area contributed by atoms with Gasteiger partial charge in [0.15, 0.2) is 0 Å². The molecule has 3 nitrogen and oxygen atoms in total. The number of hydrogen-bond donors (Lipinski definition) is 0. The average Bonchev–Trinajstić information content (AvgIpc) is 3.55. The predicted molar refractivity (Wildman–Crippen MR) is 215 cm³/mol. The topological polar surface area (TPSA) is 23.4 Å². The minimum absolute atomic E-state index is 0.303. The Kier molecular flexibility index (Phi) is 6.35. The fourth-order valence-electron chi connectivity index (χ4n) is 8.30. The molecule has 0 bridgehead atoms. The number of para-hydroxylation sites is 3. The van der Waals surface area contributed by atoms with Crippen molar-refractivity contribution in [3.8, 4) is 67.4 Å². The molecular weight excluding hydrogens is 633 g/mol. The van der Waals surface area contributed by atoms with E-state index in [1.165, 1.54) is 32.9 Å². The molecule has 2 aliphatic heterocycles. The van der Waals surface area contributed by atoms with Crippen molar-refractivity contribution in [1.82, 2.24) is 4.57 Å². The lowest BCUT2D eigenvalue weighted by Gasteiger charge is -2.33. The van der Waals surface area contributed by atoms with E-state index >= 15 is 0 Å². The van der Waals surface area contributed by atoms with E-state index in [2.05, 4.69) is 187 Å². The Bertz CT molecular complexity index is 2820. The molecule has 3 heterocycles. The van der Waals surface area contributed by atoms with Crippen molar-refractivity contribution in [3.63, 3.8) is 0 Å². The van der Waals surface area contributed by atoms with Gasteiger partial charge in [-0.3, -0.25) is 0 Å². The minimum atomic E-state index is -0.303. The number of hydrogen-bond acceptors (Lipinski definition) is 2. The van der Waals surface area contributed by atoms with Crippen LogP contribution < -0.4 is 20.3 Å². The molecule has 8 aromatic carbocycles. The molecule has 0 radical (unpaired) electrons. The Morgan fingerprint density at radius 3 is 1.85 bits per heavy atom. The van der Waals surface area contributed by atoms with Crippen LogP contribution in [0.4, 0.5) is 0 Å². The molecule has 0 N–H and O–H groups in total. The fraction of sp³-hybridized carbons (Fsp3) is 0. The lowest BCUT2D eigenvalue weighted by atomic mass is 9.50. The van der Waals surface area contributed by atoms with Crippen LogP contribution in [0.1, 0.15) is 0 Å². The summed E-state index contributed by atoms with van der Waals surface area (Å²) in [6, 6.07) is 64.8. The van der Waals surface area contributed by atoms with E-state index in [0.717, 1.165) is 67.2 Å². The summed E-state index contributed by atoms with van der Waals surface area (Å²) in [5.41, 5.74) is 14.8. The third kappa shape index (κ3) is 4.41. The van der Waals surface area contributed by atoms with Gasteiger partial charge in [-0.15, -0.1) is 0 Å². The SMILES string of the molecule is c1ccc(-c2cccc(-c3ccc4c(c3)B3Oc5cc(-c6ccccc6-n6c7ccccc7c7ccccc76)ccc5-c5cccc(c53)O4)c2)cc1. The zero-order chi connectivity index (χ0) is 34.2. The van der Waals surface area contributed by atoms with Gasteiger partial charge in [0.25, 0.3) is 0 Å². The van der Waals surface area contributed by atoms with E-state index in [1.54, 1.807) is 0 Å². The quantitative estimate of drug-likeness (QED) is 0.175. The highest BCUT2D eigenvalue weighted by atomic mass is 16.5. The Morgan fingerprint density at radius 2 is 1.02 bits per heavy atom. The van der Waals surface area contributed by atoms with Crippen LogP contribution in [0.3, 0.4) is 0 Å². The van der Waals surface area contributed by atoms with Gasteiger partial charge in [0.05, 0.1) is 16.7 Å². The highest BCUT2D eigenvalue weighted by Crippen LogP contribution is 2.43. The molecule has 0 aliphatic carbocycles. The molecular formula is C48H30BNO2. The summed E-state index contributed by atoms with van der Waals surface area (Å²) in [5.74, 6) is 2.54. The van der Waals surface area contributed by atoms with Crippen LogP contribution >= 0.6 is 0 Å². The van der Waals surface area contributed by atoms with E-state index in [0.29, 0.717) is 0 Å².